The van der Waals surface area contributed by atoms with E-state index in [2.05, 4.69) is 23.2 Å². The lowest BCUT2D eigenvalue weighted by molar-refractivity contribution is -0.116. The van der Waals surface area contributed by atoms with Crippen molar-refractivity contribution in [2.45, 2.75) is 44.0 Å². The molecule has 1 aliphatic heterocycles. The van der Waals surface area contributed by atoms with E-state index in [9.17, 15) is 17.6 Å². The Hall–Kier alpha value is -2.66. The molecular weight excluding hydrogens is 530 g/mol. The highest BCUT2D eigenvalue weighted by molar-refractivity contribution is 7.91. The van der Waals surface area contributed by atoms with Crippen LogP contribution in [0.25, 0.3) is 20.8 Å². The van der Waals surface area contributed by atoms with Crippen molar-refractivity contribution in [2.75, 3.05) is 24.2 Å². The van der Waals surface area contributed by atoms with Crippen LogP contribution in [0, 0.1) is 5.82 Å². The second kappa shape index (κ2) is 11.0. The number of hydrogen-bond donors (Lipinski definition) is 1. The van der Waals surface area contributed by atoms with E-state index in [1.165, 1.54) is 22.6 Å². The number of halogens is 1. The third-order valence-corrected chi connectivity index (χ3v) is 10.4. The topological polar surface area (TPSA) is 79.4 Å². The van der Waals surface area contributed by atoms with Gasteiger partial charge in [0.2, 0.25) is 5.91 Å². The molecule has 0 radical (unpaired) electrons. The van der Waals surface area contributed by atoms with Crippen LogP contribution in [0.5, 0.6) is 0 Å². The maximum Gasteiger partial charge on any atom is 0.225 e. The molecule has 2 aromatic carbocycles. The van der Waals surface area contributed by atoms with Gasteiger partial charge in [-0.15, -0.1) is 22.7 Å². The highest BCUT2D eigenvalue weighted by atomic mass is 32.2. The van der Waals surface area contributed by atoms with Crippen LogP contribution in [0.2, 0.25) is 0 Å². The van der Waals surface area contributed by atoms with Crippen molar-refractivity contribution in [3.8, 4) is 10.6 Å². The summed E-state index contributed by atoms with van der Waals surface area (Å²) >= 11 is 3.23. The molecule has 0 bridgehead atoms. The van der Waals surface area contributed by atoms with Crippen molar-refractivity contribution >= 4 is 53.6 Å². The van der Waals surface area contributed by atoms with Gasteiger partial charge in [-0.1, -0.05) is 19.1 Å². The van der Waals surface area contributed by atoms with Gasteiger partial charge in [-0.25, -0.2) is 17.8 Å². The molecule has 10 heteroatoms. The Morgan fingerprint density at radius 3 is 2.68 bits per heavy atom. The van der Waals surface area contributed by atoms with E-state index in [1.54, 1.807) is 22.7 Å². The highest BCUT2D eigenvalue weighted by Gasteiger charge is 2.27. The van der Waals surface area contributed by atoms with Crippen LogP contribution in [0.3, 0.4) is 0 Å². The highest BCUT2D eigenvalue weighted by Crippen LogP contribution is 2.45. The van der Waals surface area contributed by atoms with Gasteiger partial charge < -0.3 is 5.32 Å². The molecule has 0 unspecified atom stereocenters. The van der Waals surface area contributed by atoms with Gasteiger partial charge in [-0.05, 0) is 67.8 Å². The number of fused-ring (bicyclic) bond motifs is 2. The molecule has 194 valence electrons. The molecule has 4 aromatic rings. The Kier molecular flexibility index (Phi) is 7.71. The monoisotopic (exact) mass is 557 g/mol. The Labute approximate surface area is 224 Å². The molecule has 37 heavy (non-hydrogen) atoms. The van der Waals surface area contributed by atoms with Gasteiger partial charge >= 0.3 is 0 Å². The van der Waals surface area contributed by atoms with Crippen molar-refractivity contribution < 1.29 is 17.6 Å². The van der Waals surface area contributed by atoms with Crippen molar-refractivity contribution in [1.82, 2.24) is 9.88 Å². The van der Waals surface area contributed by atoms with Crippen molar-refractivity contribution in [3.63, 3.8) is 0 Å². The van der Waals surface area contributed by atoms with E-state index in [0.717, 1.165) is 70.4 Å². The summed E-state index contributed by atoms with van der Waals surface area (Å²) in [6, 6.07) is 12.8. The summed E-state index contributed by atoms with van der Waals surface area (Å²) in [4.78, 5) is 21.6. The van der Waals surface area contributed by atoms with Crippen LogP contribution < -0.4 is 5.32 Å². The fraction of sp³-hybridized carbons (Fsp3) is 0.333. The van der Waals surface area contributed by atoms with Crippen LogP contribution in [-0.4, -0.2) is 43.1 Å². The first-order valence-corrected chi connectivity index (χ1v) is 15.6. The number of carbonyl (C=O) groups is 1. The first-order chi connectivity index (χ1) is 17.8. The van der Waals surface area contributed by atoms with Gasteiger partial charge in [0.05, 0.1) is 20.9 Å². The number of benzene rings is 2. The Morgan fingerprint density at radius 2 is 1.92 bits per heavy atom. The smallest absolute Gasteiger partial charge is 0.225 e. The third-order valence-electron chi connectivity index (χ3n) is 6.43. The van der Waals surface area contributed by atoms with Crippen LogP contribution in [0.15, 0.2) is 53.4 Å². The minimum atomic E-state index is -3.58. The second-order valence-electron chi connectivity index (χ2n) is 9.15. The second-order valence-corrected chi connectivity index (χ2v) is 13.4. The molecule has 2 aromatic heterocycles. The Bertz CT molecular complexity index is 1490. The molecule has 0 saturated carbocycles. The average molecular weight is 558 g/mol. The summed E-state index contributed by atoms with van der Waals surface area (Å²) in [5.74, 6) is -0.886. The first-order valence-electron chi connectivity index (χ1n) is 12.3. The number of nitrogens with one attached hydrogen (secondary N) is 1. The summed E-state index contributed by atoms with van der Waals surface area (Å²) in [5, 5.41) is 4.76. The zero-order chi connectivity index (χ0) is 26.0. The van der Waals surface area contributed by atoms with Gasteiger partial charge in [-0.2, -0.15) is 0 Å². The summed E-state index contributed by atoms with van der Waals surface area (Å²) < 4.78 is 39.4. The normalized spacial score (nSPS) is 14.1. The summed E-state index contributed by atoms with van der Waals surface area (Å²) in [6.45, 7) is 5.05. The number of anilines is 1. The van der Waals surface area contributed by atoms with Crippen molar-refractivity contribution in [2.24, 2.45) is 0 Å². The summed E-state index contributed by atoms with van der Waals surface area (Å²) in [7, 11) is -3.58. The molecule has 0 spiro atoms. The van der Waals surface area contributed by atoms with Crippen LogP contribution in [-0.2, 0) is 27.6 Å². The zero-order valence-electron chi connectivity index (χ0n) is 20.5. The molecule has 0 saturated heterocycles. The SMILES string of the molecule is CCCN1CCc2c(sc(NC(=O)CCCS(=O)(=O)c3ccc(F)cc3)c2-c2nc3ccccc3s2)C1. The molecule has 1 N–H and O–H groups in total. The minimum Gasteiger partial charge on any atom is -0.317 e. The van der Waals surface area contributed by atoms with Gasteiger partial charge in [0, 0.05) is 30.0 Å². The van der Waals surface area contributed by atoms with Crippen molar-refractivity contribution in [1.29, 1.82) is 0 Å². The third kappa shape index (κ3) is 5.77. The zero-order valence-corrected chi connectivity index (χ0v) is 22.9. The lowest BCUT2D eigenvalue weighted by Crippen LogP contribution is -2.30. The summed E-state index contributed by atoms with van der Waals surface area (Å²) in [5.41, 5.74) is 3.20. The number of sulfone groups is 1. The number of thiazole rings is 1. The molecule has 5 rings (SSSR count). The molecule has 0 atom stereocenters. The van der Waals surface area contributed by atoms with Gasteiger partial charge in [-0.3, -0.25) is 9.69 Å². The largest absolute Gasteiger partial charge is 0.317 e. The molecule has 0 aliphatic carbocycles. The van der Waals surface area contributed by atoms with Gasteiger partial charge in [0.15, 0.2) is 9.84 Å². The van der Waals surface area contributed by atoms with E-state index >= 15 is 0 Å². The number of para-hydroxylation sites is 1. The fourth-order valence-corrected chi connectivity index (χ4v) is 8.36. The molecule has 6 nitrogen and oxygen atoms in total. The molecular formula is C27H28FN3O3S3. The number of rotatable bonds is 9. The first kappa shape index (κ1) is 26.0. The van der Waals surface area contributed by atoms with Gasteiger partial charge in [0.25, 0.3) is 0 Å². The molecule has 1 aliphatic rings. The van der Waals surface area contributed by atoms with E-state index in [-0.39, 0.29) is 29.4 Å². The molecule has 3 heterocycles. The number of carbonyl (C=O) groups excluding carboxylic acids is 1. The molecule has 1 amide bonds. The lowest BCUT2D eigenvalue weighted by Gasteiger charge is -2.26. The predicted octanol–water partition coefficient (Wildman–Crippen LogP) is 6.12. The molecule has 0 fully saturated rings. The van der Waals surface area contributed by atoms with E-state index < -0.39 is 15.7 Å². The van der Waals surface area contributed by atoms with E-state index in [4.69, 9.17) is 4.98 Å². The van der Waals surface area contributed by atoms with Crippen LogP contribution in [0.4, 0.5) is 9.39 Å². The lowest BCUT2D eigenvalue weighted by atomic mass is 10.0. The Balaban J connectivity index is 1.34. The average Bonchev–Trinajstić information content (AvgIpc) is 3.44. The van der Waals surface area contributed by atoms with Crippen LogP contribution in [0.1, 0.15) is 36.6 Å². The van der Waals surface area contributed by atoms with Crippen molar-refractivity contribution in [3.05, 3.63) is 64.8 Å². The number of thiophene rings is 1. The maximum atomic E-state index is 13.1. The number of aromatic nitrogens is 1. The number of nitrogens with zero attached hydrogens (tertiary/aromatic N) is 2. The fourth-order valence-electron chi connectivity index (χ4n) is 4.63. The minimum absolute atomic E-state index is 0.0648. The van der Waals surface area contributed by atoms with Gasteiger partial charge in [0.1, 0.15) is 15.8 Å². The standard InChI is InChI=1S/C27H28FN3O3S3/c1-2-14-31-15-13-20-23(17-31)36-27(25(20)26-29-21-6-3-4-7-22(21)35-26)30-24(32)8-5-16-37(33,34)19-11-9-18(28)10-12-19/h3-4,6-7,9-12H,2,5,8,13-17H2,1H3,(H,30,32). The van der Waals surface area contributed by atoms with Crippen LogP contribution >= 0.6 is 22.7 Å². The van der Waals surface area contributed by atoms with E-state index in [1.807, 2.05) is 18.2 Å². The maximum absolute atomic E-state index is 13.1. The predicted molar refractivity (Wildman–Crippen MR) is 149 cm³/mol. The number of hydrogen-bond acceptors (Lipinski definition) is 7. The summed E-state index contributed by atoms with van der Waals surface area (Å²) in [6.07, 6.45) is 2.25. The van der Waals surface area contributed by atoms with E-state index in [0.29, 0.717) is 0 Å². The quantitative estimate of drug-likeness (QED) is 0.251. The number of amides is 1. The Morgan fingerprint density at radius 1 is 1.14 bits per heavy atom.